The van der Waals surface area contributed by atoms with Gasteiger partial charge in [-0.2, -0.15) is 0 Å². The summed E-state index contributed by atoms with van der Waals surface area (Å²) in [6, 6.07) is 0.00176. The van der Waals surface area contributed by atoms with Crippen molar-refractivity contribution in [3.05, 3.63) is 0 Å². The highest BCUT2D eigenvalue weighted by atomic mass is 16.2. The number of carbonyl (C=O) groups is 1. The van der Waals surface area contributed by atoms with Gasteiger partial charge >= 0.3 is 6.03 Å². The van der Waals surface area contributed by atoms with Gasteiger partial charge in [-0.15, -0.1) is 0 Å². The molecule has 0 aromatic carbocycles. The molecule has 1 saturated heterocycles. The van der Waals surface area contributed by atoms with Crippen LogP contribution in [0.25, 0.3) is 0 Å². The standard InChI is InChI=1S/C7H12N2O/c10-6-8-7(9-6)4-2-1-3-5-7/h1-5H2,(H2,8,9,10). The average Bonchev–Trinajstić information content (AvgIpc) is 1.87. The second kappa shape index (κ2) is 1.87. The fourth-order valence-corrected chi connectivity index (χ4v) is 1.84. The molecule has 56 valence electrons. The summed E-state index contributed by atoms with van der Waals surface area (Å²) in [5.74, 6) is 0. The van der Waals surface area contributed by atoms with Crippen molar-refractivity contribution in [2.45, 2.75) is 37.8 Å². The van der Waals surface area contributed by atoms with Gasteiger partial charge in [0.1, 0.15) is 5.66 Å². The first-order valence-electron chi connectivity index (χ1n) is 3.91. The third-order valence-electron chi connectivity index (χ3n) is 2.41. The van der Waals surface area contributed by atoms with Crippen LogP contribution >= 0.6 is 0 Å². The van der Waals surface area contributed by atoms with Gasteiger partial charge in [0.2, 0.25) is 0 Å². The van der Waals surface area contributed by atoms with Crippen LogP contribution in [0.3, 0.4) is 0 Å². The predicted molar refractivity (Wildman–Crippen MR) is 37.5 cm³/mol. The normalized spacial score (nSPS) is 28.6. The molecule has 0 atom stereocenters. The Morgan fingerprint density at radius 1 is 1.10 bits per heavy atom. The first-order valence-corrected chi connectivity index (χ1v) is 3.91. The van der Waals surface area contributed by atoms with Crippen LogP contribution < -0.4 is 10.6 Å². The molecule has 1 spiro atoms. The fourth-order valence-electron chi connectivity index (χ4n) is 1.84. The van der Waals surface area contributed by atoms with Crippen LogP contribution in [0.1, 0.15) is 32.1 Å². The zero-order chi connectivity index (χ0) is 7.03. The van der Waals surface area contributed by atoms with Crippen molar-refractivity contribution in [3.63, 3.8) is 0 Å². The maximum absolute atomic E-state index is 10.6. The van der Waals surface area contributed by atoms with Gasteiger partial charge in [0.15, 0.2) is 0 Å². The highest BCUT2D eigenvalue weighted by Crippen LogP contribution is 2.28. The Morgan fingerprint density at radius 3 is 2.20 bits per heavy atom. The third-order valence-corrected chi connectivity index (χ3v) is 2.41. The topological polar surface area (TPSA) is 41.1 Å². The quantitative estimate of drug-likeness (QED) is 0.517. The van der Waals surface area contributed by atoms with Crippen molar-refractivity contribution < 1.29 is 4.79 Å². The number of hydrogen-bond donors (Lipinski definition) is 2. The van der Waals surface area contributed by atoms with Gasteiger partial charge in [-0.3, -0.25) is 0 Å². The highest BCUT2D eigenvalue weighted by Gasteiger charge is 2.42. The molecule has 10 heavy (non-hydrogen) atoms. The molecule has 0 bridgehead atoms. The van der Waals surface area contributed by atoms with Gasteiger partial charge in [-0.05, 0) is 25.7 Å². The van der Waals surface area contributed by atoms with Crippen LogP contribution in [0.4, 0.5) is 4.79 Å². The lowest BCUT2D eigenvalue weighted by Crippen LogP contribution is -2.74. The van der Waals surface area contributed by atoms with Crippen molar-refractivity contribution in [1.29, 1.82) is 0 Å². The van der Waals surface area contributed by atoms with Crippen molar-refractivity contribution >= 4 is 6.03 Å². The summed E-state index contributed by atoms with van der Waals surface area (Å²) in [6.45, 7) is 0. The largest absolute Gasteiger partial charge is 0.318 e. The SMILES string of the molecule is O=C1NC2(CCCCC2)N1. The van der Waals surface area contributed by atoms with Crippen LogP contribution in [-0.4, -0.2) is 11.7 Å². The molecule has 1 saturated carbocycles. The molecule has 0 aromatic rings. The lowest BCUT2D eigenvalue weighted by molar-refractivity contribution is 0.126. The van der Waals surface area contributed by atoms with E-state index in [9.17, 15) is 4.79 Å². The molecule has 0 radical (unpaired) electrons. The highest BCUT2D eigenvalue weighted by molar-refractivity contribution is 5.81. The van der Waals surface area contributed by atoms with Gasteiger partial charge in [-0.1, -0.05) is 6.42 Å². The molecule has 1 aliphatic heterocycles. The molecular weight excluding hydrogens is 128 g/mol. The summed E-state index contributed by atoms with van der Waals surface area (Å²) in [6.07, 6.45) is 6.03. The molecule has 2 aliphatic rings. The van der Waals surface area contributed by atoms with E-state index in [0.717, 1.165) is 12.8 Å². The van der Waals surface area contributed by atoms with Gasteiger partial charge in [0, 0.05) is 0 Å². The van der Waals surface area contributed by atoms with Crippen LogP contribution in [0.2, 0.25) is 0 Å². The summed E-state index contributed by atoms with van der Waals surface area (Å²) in [5, 5.41) is 5.82. The lowest BCUT2D eigenvalue weighted by Gasteiger charge is -2.46. The molecular formula is C7H12N2O. The maximum atomic E-state index is 10.6. The molecule has 2 rings (SSSR count). The van der Waals surface area contributed by atoms with Gasteiger partial charge in [-0.25, -0.2) is 4.79 Å². The van der Waals surface area contributed by atoms with E-state index in [1.807, 2.05) is 0 Å². The van der Waals surface area contributed by atoms with E-state index in [2.05, 4.69) is 10.6 Å². The van der Waals surface area contributed by atoms with E-state index in [1.165, 1.54) is 19.3 Å². The Kier molecular flexibility index (Phi) is 1.13. The third kappa shape index (κ3) is 0.770. The lowest BCUT2D eigenvalue weighted by atomic mass is 9.87. The molecule has 3 nitrogen and oxygen atoms in total. The average molecular weight is 140 g/mol. The summed E-state index contributed by atoms with van der Waals surface area (Å²) in [5.41, 5.74) is 0.0231. The Balaban J connectivity index is 1.96. The maximum Gasteiger partial charge on any atom is 0.318 e. The summed E-state index contributed by atoms with van der Waals surface area (Å²) in [7, 11) is 0. The van der Waals surface area contributed by atoms with E-state index in [0.29, 0.717) is 0 Å². The molecule has 1 heterocycles. The van der Waals surface area contributed by atoms with E-state index in [-0.39, 0.29) is 11.7 Å². The minimum absolute atomic E-state index is 0.00176. The molecule has 0 aromatic heterocycles. The number of hydrogen-bond acceptors (Lipinski definition) is 1. The number of nitrogens with one attached hydrogen (secondary N) is 2. The summed E-state index contributed by atoms with van der Waals surface area (Å²) in [4.78, 5) is 10.6. The first kappa shape index (κ1) is 6.01. The Bertz CT molecular complexity index is 151. The van der Waals surface area contributed by atoms with Crippen LogP contribution in [-0.2, 0) is 0 Å². The molecule has 2 N–H and O–H groups in total. The van der Waals surface area contributed by atoms with Crippen molar-refractivity contribution in [1.82, 2.24) is 10.6 Å². The van der Waals surface area contributed by atoms with E-state index >= 15 is 0 Å². The van der Waals surface area contributed by atoms with Crippen LogP contribution in [0.5, 0.6) is 0 Å². The van der Waals surface area contributed by atoms with Crippen LogP contribution in [0, 0.1) is 0 Å². The second-order valence-corrected chi connectivity index (χ2v) is 3.22. The Hall–Kier alpha value is -0.730. The predicted octanol–water partition coefficient (Wildman–Crippen LogP) is 0.960. The van der Waals surface area contributed by atoms with Crippen molar-refractivity contribution in [3.8, 4) is 0 Å². The molecule has 2 fully saturated rings. The first-order chi connectivity index (χ1) is 4.81. The van der Waals surface area contributed by atoms with Crippen molar-refractivity contribution in [2.75, 3.05) is 0 Å². The number of urea groups is 1. The van der Waals surface area contributed by atoms with E-state index in [4.69, 9.17) is 0 Å². The van der Waals surface area contributed by atoms with Crippen molar-refractivity contribution in [2.24, 2.45) is 0 Å². The van der Waals surface area contributed by atoms with Gasteiger partial charge in [0.05, 0.1) is 0 Å². The number of carbonyl (C=O) groups excluding carboxylic acids is 1. The minimum Gasteiger partial charge on any atom is -0.315 e. The molecule has 1 aliphatic carbocycles. The summed E-state index contributed by atoms with van der Waals surface area (Å²) >= 11 is 0. The van der Waals surface area contributed by atoms with E-state index in [1.54, 1.807) is 0 Å². The Labute approximate surface area is 60.2 Å². The zero-order valence-electron chi connectivity index (χ0n) is 5.94. The molecule has 2 amide bonds. The smallest absolute Gasteiger partial charge is 0.315 e. The van der Waals surface area contributed by atoms with Crippen LogP contribution in [0.15, 0.2) is 0 Å². The summed E-state index contributed by atoms with van der Waals surface area (Å²) < 4.78 is 0. The second-order valence-electron chi connectivity index (χ2n) is 3.22. The minimum atomic E-state index is 0.00176. The zero-order valence-corrected chi connectivity index (χ0v) is 5.94. The molecule has 3 heteroatoms. The molecule has 0 unspecified atom stereocenters. The Morgan fingerprint density at radius 2 is 1.70 bits per heavy atom. The number of amides is 2. The number of rotatable bonds is 0. The fraction of sp³-hybridized carbons (Fsp3) is 0.857. The van der Waals surface area contributed by atoms with Gasteiger partial charge < -0.3 is 10.6 Å². The van der Waals surface area contributed by atoms with E-state index < -0.39 is 0 Å². The van der Waals surface area contributed by atoms with Gasteiger partial charge in [0.25, 0.3) is 0 Å². The monoisotopic (exact) mass is 140 g/mol.